The van der Waals surface area contributed by atoms with Gasteiger partial charge in [0.25, 0.3) is 0 Å². The zero-order chi connectivity index (χ0) is 7.82. The van der Waals surface area contributed by atoms with Crippen molar-refractivity contribution in [3.63, 3.8) is 0 Å². The number of hydrogen-bond acceptors (Lipinski definition) is 0. The fraction of sp³-hybridized carbons (Fsp3) is 1.00. The van der Waals surface area contributed by atoms with Gasteiger partial charge >= 0.3 is 73.1 Å². The third-order valence-electron chi connectivity index (χ3n) is 1.81. The summed E-state index contributed by atoms with van der Waals surface area (Å²) in [5, 5.41) is 0. The van der Waals surface area contributed by atoms with Crippen LogP contribution in [0.2, 0.25) is 13.3 Å². The molecule has 0 spiro atoms. The molecule has 0 atom stereocenters. The fourth-order valence-corrected chi connectivity index (χ4v) is 9.63. The van der Waals surface area contributed by atoms with Crippen LogP contribution in [0, 0.1) is 0 Å². The number of rotatable bonds is 6. The molecule has 0 rings (SSSR count). The van der Waals surface area contributed by atoms with Crippen molar-refractivity contribution in [2.24, 2.45) is 0 Å². The molecular weight excluding hydrogens is 227 g/mol. The van der Waals surface area contributed by atoms with Crippen molar-refractivity contribution in [1.29, 1.82) is 0 Å². The second kappa shape index (κ2) is 7.90. The second-order valence-electron chi connectivity index (χ2n) is 3.00. The summed E-state index contributed by atoms with van der Waals surface area (Å²) in [4.78, 5) is 0. The average molecular weight is 248 g/mol. The van der Waals surface area contributed by atoms with Gasteiger partial charge in [0.15, 0.2) is 0 Å². The molecule has 0 aromatic carbocycles. The molecule has 0 aliphatic rings. The van der Waals surface area contributed by atoms with E-state index in [1.165, 1.54) is 19.3 Å². The molecule has 0 aromatic heterocycles. The maximum atomic E-state index is 2.34. The molecule has 0 N–H and O–H groups in total. The molecule has 60 valence electrons. The molecule has 0 bridgehead atoms. The van der Waals surface area contributed by atoms with Gasteiger partial charge in [-0.25, -0.2) is 0 Å². The minimum atomic E-state index is -0.759. The molecule has 1 heteroatoms. The van der Waals surface area contributed by atoms with E-state index >= 15 is 0 Å². The first kappa shape index (κ1) is 10.8. The molecule has 0 amide bonds. The fourth-order valence-electron chi connectivity index (χ4n) is 1.44. The molecular formula is C9H21Sn+. The van der Waals surface area contributed by atoms with Gasteiger partial charge in [0, 0.05) is 0 Å². The van der Waals surface area contributed by atoms with Crippen molar-refractivity contribution >= 4 is 19.8 Å². The third-order valence-corrected chi connectivity index (χ3v) is 12.1. The summed E-state index contributed by atoms with van der Waals surface area (Å²) in [6, 6.07) is 0. The van der Waals surface area contributed by atoms with Crippen molar-refractivity contribution in [3.8, 4) is 0 Å². The topological polar surface area (TPSA) is 0 Å². The van der Waals surface area contributed by atoms with E-state index in [4.69, 9.17) is 0 Å². The zero-order valence-electron chi connectivity index (χ0n) is 7.74. The molecule has 0 radical (unpaired) electrons. The molecule has 0 unspecified atom stereocenters. The summed E-state index contributed by atoms with van der Waals surface area (Å²) in [5.74, 6) is 0. The van der Waals surface area contributed by atoms with E-state index in [1.807, 2.05) is 0 Å². The van der Waals surface area contributed by atoms with Gasteiger partial charge < -0.3 is 0 Å². The summed E-state index contributed by atoms with van der Waals surface area (Å²) in [6.07, 6.45) is 4.36. The van der Waals surface area contributed by atoms with Gasteiger partial charge in [-0.3, -0.25) is 0 Å². The molecule has 0 nitrogen and oxygen atoms in total. The van der Waals surface area contributed by atoms with Gasteiger partial charge in [-0.2, -0.15) is 0 Å². The van der Waals surface area contributed by atoms with E-state index in [0.717, 1.165) is 0 Å². The molecule has 0 heterocycles. The Morgan fingerprint density at radius 1 is 0.700 bits per heavy atom. The van der Waals surface area contributed by atoms with Crippen LogP contribution in [-0.4, -0.2) is 19.8 Å². The second-order valence-corrected chi connectivity index (χ2v) is 11.6. The van der Waals surface area contributed by atoms with E-state index in [-0.39, 0.29) is 0 Å². The molecule has 0 saturated heterocycles. The van der Waals surface area contributed by atoms with Crippen LogP contribution in [0.3, 0.4) is 0 Å². The van der Waals surface area contributed by atoms with Crippen molar-refractivity contribution in [2.75, 3.05) is 0 Å². The van der Waals surface area contributed by atoms with Crippen molar-refractivity contribution in [1.82, 2.24) is 0 Å². The Bertz CT molecular complexity index is 47.5. The van der Waals surface area contributed by atoms with Crippen LogP contribution in [0.1, 0.15) is 40.0 Å². The Morgan fingerprint density at radius 3 is 1.20 bits per heavy atom. The van der Waals surface area contributed by atoms with E-state index in [9.17, 15) is 0 Å². The van der Waals surface area contributed by atoms with Crippen LogP contribution in [0.4, 0.5) is 0 Å². The Morgan fingerprint density at radius 2 is 1.00 bits per heavy atom. The van der Waals surface area contributed by atoms with Crippen LogP contribution in [-0.2, 0) is 0 Å². The van der Waals surface area contributed by atoms with Gasteiger partial charge in [-0.15, -0.1) is 0 Å². The maximum absolute atomic E-state index is 2.34. The standard InChI is InChI=1S/3C3H7.Sn/c3*1-3-2;/h3*1,3H2,2H3;/q;;;+1. The van der Waals surface area contributed by atoms with Crippen LogP contribution in [0.25, 0.3) is 0 Å². The molecule has 0 aromatic rings. The molecule has 0 aliphatic carbocycles. The summed E-state index contributed by atoms with van der Waals surface area (Å²) in [5.41, 5.74) is 0. The third kappa shape index (κ3) is 5.57. The van der Waals surface area contributed by atoms with Crippen molar-refractivity contribution in [3.05, 3.63) is 0 Å². The summed E-state index contributed by atoms with van der Waals surface area (Å²) >= 11 is -0.759. The Balaban J connectivity index is 3.30. The predicted octanol–water partition coefficient (Wildman–Crippen LogP) is 3.71. The van der Waals surface area contributed by atoms with Gasteiger partial charge in [-0.05, 0) is 0 Å². The van der Waals surface area contributed by atoms with Crippen LogP contribution < -0.4 is 0 Å². The van der Waals surface area contributed by atoms with E-state index in [1.54, 1.807) is 13.3 Å². The van der Waals surface area contributed by atoms with Gasteiger partial charge in [0.2, 0.25) is 0 Å². The van der Waals surface area contributed by atoms with Gasteiger partial charge in [-0.1, -0.05) is 0 Å². The normalized spacial score (nSPS) is 9.90. The summed E-state index contributed by atoms with van der Waals surface area (Å²) < 4.78 is 4.93. The molecule has 0 saturated carbocycles. The average Bonchev–Trinajstić information content (AvgIpc) is 1.90. The molecule has 0 fully saturated rings. The quantitative estimate of drug-likeness (QED) is 0.628. The summed E-state index contributed by atoms with van der Waals surface area (Å²) in [7, 11) is 0. The summed E-state index contributed by atoms with van der Waals surface area (Å²) in [6.45, 7) is 7.02. The molecule has 0 aliphatic heterocycles. The first-order valence-corrected chi connectivity index (χ1v) is 10.7. The Hall–Kier alpha value is 0.799. The Labute approximate surface area is 73.1 Å². The monoisotopic (exact) mass is 249 g/mol. The first-order valence-electron chi connectivity index (χ1n) is 4.68. The van der Waals surface area contributed by atoms with E-state index < -0.39 is 19.8 Å². The SMILES string of the molecule is CC[CH2][Sn+]([CH2]CC)[CH2]CC. The molecule has 10 heavy (non-hydrogen) atoms. The zero-order valence-corrected chi connectivity index (χ0v) is 10.6. The minimum absolute atomic E-state index is 0.759. The van der Waals surface area contributed by atoms with Crippen molar-refractivity contribution < 1.29 is 0 Å². The number of hydrogen-bond donors (Lipinski definition) is 0. The first-order chi connectivity index (χ1) is 4.85. The predicted molar refractivity (Wildman–Crippen MR) is 51.0 cm³/mol. The van der Waals surface area contributed by atoms with Crippen LogP contribution in [0.15, 0.2) is 0 Å². The van der Waals surface area contributed by atoms with Gasteiger partial charge in [0.05, 0.1) is 0 Å². The van der Waals surface area contributed by atoms with E-state index in [0.29, 0.717) is 0 Å². The van der Waals surface area contributed by atoms with Crippen LogP contribution in [0.5, 0.6) is 0 Å². The van der Waals surface area contributed by atoms with Crippen molar-refractivity contribution in [2.45, 2.75) is 53.3 Å². The van der Waals surface area contributed by atoms with Gasteiger partial charge in [0.1, 0.15) is 0 Å². The Kier molecular flexibility index (Phi) is 8.53. The van der Waals surface area contributed by atoms with Crippen LogP contribution >= 0.6 is 0 Å². The van der Waals surface area contributed by atoms with E-state index in [2.05, 4.69) is 20.8 Å².